The van der Waals surface area contributed by atoms with Crippen LogP contribution < -0.4 is 4.90 Å². The van der Waals surface area contributed by atoms with E-state index in [1.54, 1.807) is 4.90 Å². The standard InChI is InChI=1S/C14H15N3O2/c15-8-11-7-12(5-6-16-11)17-13-4-2-1-3-10(13)9-19-14(17)18/h1-4,8,12,15H,5-7,9H2. The van der Waals surface area contributed by atoms with Crippen molar-refractivity contribution < 1.29 is 9.53 Å². The monoisotopic (exact) mass is 257 g/mol. The molecule has 2 aliphatic rings. The van der Waals surface area contributed by atoms with Crippen LogP contribution in [0.1, 0.15) is 18.4 Å². The molecular weight excluding hydrogens is 242 g/mol. The number of nitrogens with zero attached hydrogens (tertiary/aromatic N) is 2. The summed E-state index contributed by atoms with van der Waals surface area (Å²) in [4.78, 5) is 18.0. The molecule has 3 rings (SSSR count). The number of rotatable bonds is 2. The third kappa shape index (κ3) is 2.12. The summed E-state index contributed by atoms with van der Waals surface area (Å²) in [5, 5.41) is 7.31. The Hall–Kier alpha value is -2.17. The van der Waals surface area contributed by atoms with Crippen LogP contribution in [0.4, 0.5) is 10.5 Å². The number of fused-ring (bicyclic) bond motifs is 1. The maximum absolute atomic E-state index is 12.1. The fourth-order valence-electron chi connectivity index (χ4n) is 2.61. The molecule has 2 heterocycles. The molecule has 0 aromatic heterocycles. The van der Waals surface area contributed by atoms with Crippen LogP contribution >= 0.6 is 0 Å². The molecule has 5 nitrogen and oxygen atoms in total. The van der Waals surface area contributed by atoms with E-state index in [2.05, 4.69) is 4.99 Å². The lowest BCUT2D eigenvalue weighted by molar-refractivity contribution is 0.138. The Morgan fingerprint density at radius 1 is 1.42 bits per heavy atom. The van der Waals surface area contributed by atoms with E-state index in [1.807, 2.05) is 24.3 Å². The fourth-order valence-corrected chi connectivity index (χ4v) is 2.61. The van der Waals surface area contributed by atoms with Crippen LogP contribution in [-0.2, 0) is 11.3 Å². The average Bonchev–Trinajstić information content (AvgIpc) is 2.47. The molecule has 1 aromatic carbocycles. The summed E-state index contributed by atoms with van der Waals surface area (Å²) in [6.07, 6.45) is 2.40. The van der Waals surface area contributed by atoms with Gasteiger partial charge in [-0.2, -0.15) is 0 Å². The first-order valence-electron chi connectivity index (χ1n) is 6.37. The van der Waals surface area contributed by atoms with Crippen LogP contribution in [0.3, 0.4) is 0 Å². The number of aliphatic imine (C=N–C) groups is 1. The molecule has 19 heavy (non-hydrogen) atoms. The minimum Gasteiger partial charge on any atom is -0.444 e. The number of benzene rings is 1. The zero-order valence-corrected chi connectivity index (χ0v) is 10.5. The van der Waals surface area contributed by atoms with Crippen LogP contribution in [0.25, 0.3) is 0 Å². The van der Waals surface area contributed by atoms with E-state index in [0.717, 1.165) is 23.4 Å². The van der Waals surface area contributed by atoms with E-state index in [-0.39, 0.29) is 12.1 Å². The lowest BCUT2D eigenvalue weighted by Gasteiger charge is -2.36. The van der Waals surface area contributed by atoms with Gasteiger partial charge in [-0.3, -0.25) is 9.89 Å². The molecule has 0 saturated carbocycles. The number of hydrogen-bond acceptors (Lipinski definition) is 4. The topological polar surface area (TPSA) is 65.8 Å². The lowest BCUT2D eigenvalue weighted by Crippen LogP contribution is -2.46. The van der Waals surface area contributed by atoms with Crippen LogP contribution in [-0.4, -0.2) is 30.6 Å². The van der Waals surface area contributed by atoms with Crippen molar-refractivity contribution >= 4 is 23.7 Å². The predicted octanol–water partition coefficient (Wildman–Crippen LogP) is 2.40. The number of nitrogens with one attached hydrogen (secondary N) is 1. The van der Waals surface area contributed by atoms with E-state index in [9.17, 15) is 4.79 Å². The van der Waals surface area contributed by atoms with E-state index >= 15 is 0 Å². The van der Waals surface area contributed by atoms with E-state index in [4.69, 9.17) is 10.1 Å². The first kappa shape index (κ1) is 11.9. The Morgan fingerprint density at radius 2 is 2.26 bits per heavy atom. The van der Waals surface area contributed by atoms with Gasteiger partial charge in [0.05, 0.1) is 11.4 Å². The van der Waals surface area contributed by atoms with Crippen LogP contribution in [0.2, 0.25) is 0 Å². The van der Waals surface area contributed by atoms with Gasteiger partial charge in [0.25, 0.3) is 0 Å². The van der Waals surface area contributed by atoms with E-state index < -0.39 is 0 Å². The van der Waals surface area contributed by atoms with Gasteiger partial charge < -0.3 is 10.1 Å². The van der Waals surface area contributed by atoms with Gasteiger partial charge in [-0.1, -0.05) is 18.2 Å². The van der Waals surface area contributed by atoms with Crippen LogP contribution in [0, 0.1) is 5.41 Å². The largest absolute Gasteiger partial charge is 0.444 e. The number of anilines is 1. The van der Waals surface area contributed by atoms with Gasteiger partial charge in [0.15, 0.2) is 0 Å². The molecule has 1 N–H and O–H groups in total. The van der Waals surface area contributed by atoms with Gasteiger partial charge >= 0.3 is 6.09 Å². The summed E-state index contributed by atoms with van der Waals surface area (Å²) in [7, 11) is 0. The number of carbonyl (C=O) groups excluding carboxylic acids is 1. The van der Waals surface area contributed by atoms with Gasteiger partial charge in [-0.05, 0) is 12.5 Å². The molecular formula is C14H15N3O2. The Kier molecular flexibility index (Phi) is 3.03. The Balaban J connectivity index is 1.94. The van der Waals surface area contributed by atoms with Crippen molar-refractivity contribution in [3.8, 4) is 0 Å². The highest BCUT2D eigenvalue weighted by molar-refractivity contribution is 6.30. The molecule has 1 aromatic rings. The Bertz CT molecular complexity index is 553. The highest BCUT2D eigenvalue weighted by atomic mass is 16.6. The molecule has 0 saturated heterocycles. The summed E-state index contributed by atoms with van der Waals surface area (Å²) >= 11 is 0. The second kappa shape index (κ2) is 4.84. The second-order valence-electron chi connectivity index (χ2n) is 4.72. The summed E-state index contributed by atoms with van der Waals surface area (Å²) in [6.45, 7) is 0.991. The van der Waals surface area contributed by atoms with Gasteiger partial charge in [0.2, 0.25) is 0 Å². The van der Waals surface area contributed by atoms with Crippen molar-refractivity contribution in [1.29, 1.82) is 5.41 Å². The zero-order valence-electron chi connectivity index (χ0n) is 10.5. The van der Waals surface area contributed by atoms with Crippen LogP contribution in [0.15, 0.2) is 29.3 Å². The highest BCUT2D eigenvalue weighted by Crippen LogP contribution is 2.31. The zero-order chi connectivity index (χ0) is 13.2. The molecule has 0 fully saturated rings. The van der Waals surface area contributed by atoms with Crippen LogP contribution in [0.5, 0.6) is 0 Å². The fraction of sp³-hybridized carbons (Fsp3) is 0.357. The molecule has 98 valence electrons. The summed E-state index contributed by atoms with van der Waals surface area (Å²) in [6, 6.07) is 7.83. The number of para-hydroxylation sites is 1. The minimum absolute atomic E-state index is 0.0306. The van der Waals surface area contributed by atoms with Crippen molar-refractivity contribution in [2.45, 2.75) is 25.5 Å². The van der Waals surface area contributed by atoms with Gasteiger partial charge in [-0.15, -0.1) is 0 Å². The molecule has 1 amide bonds. The molecule has 0 radical (unpaired) electrons. The van der Waals surface area contributed by atoms with Crippen molar-refractivity contribution in [3.05, 3.63) is 29.8 Å². The molecule has 1 atom stereocenters. The van der Waals surface area contributed by atoms with Crippen molar-refractivity contribution in [1.82, 2.24) is 0 Å². The highest BCUT2D eigenvalue weighted by Gasteiger charge is 2.33. The van der Waals surface area contributed by atoms with Gasteiger partial charge in [0, 0.05) is 30.8 Å². The first-order valence-corrected chi connectivity index (χ1v) is 6.37. The predicted molar refractivity (Wildman–Crippen MR) is 73.2 cm³/mol. The molecule has 2 aliphatic heterocycles. The molecule has 1 unspecified atom stereocenters. The molecule has 0 bridgehead atoms. The number of cyclic esters (lactones) is 1. The van der Waals surface area contributed by atoms with E-state index in [0.29, 0.717) is 19.6 Å². The quantitative estimate of drug-likeness (QED) is 0.827. The second-order valence-corrected chi connectivity index (χ2v) is 4.72. The number of hydrogen-bond donors (Lipinski definition) is 1. The third-order valence-corrected chi connectivity index (χ3v) is 3.55. The summed E-state index contributed by atoms with van der Waals surface area (Å²) < 4.78 is 5.23. The molecule has 5 heteroatoms. The van der Waals surface area contributed by atoms with Crippen molar-refractivity contribution in [2.24, 2.45) is 4.99 Å². The summed E-state index contributed by atoms with van der Waals surface area (Å²) in [5.74, 6) is 0. The smallest absolute Gasteiger partial charge is 0.414 e. The average molecular weight is 257 g/mol. The lowest BCUT2D eigenvalue weighted by atomic mass is 10.00. The number of carbonyl (C=O) groups is 1. The Morgan fingerprint density at radius 3 is 3.11 bits per heavy atom. The minimum atomic E-state index is -0.296. The summed E-state index contributed by atoms with van der Waals surface area (Å²) in [5.41, 5.74) is 2.70. The maximum Gasteiger partial charge on any atom is 0.414 e. The maximum atomic E-state index is 12.1. The van der Waals surface area contributed by atoms with Crippen molar-refractivity contribution in [2.75, 3.05) is 11.4 Å². The van der Waals surface area contributed by atoms with Gasteiger partial charge in [-0.25, -0.2) is 4.79 Å². The third-order valence-electron chi connectivity index (χ3n) is 3.55. The van der Waals surface area contributed by atoms with Gasteiger partial charge in [0.1, 0.15) is 6.61 Å². The van der Waals surface area contributed by atoms with E-state index in [1.165, 1.54) is 6.21 Å². The number of ether oxygens (including phenoxy) is 1. The van der Waals surface area contributed by atoms with Crippen molar-refractivity contribution in [3.63, 3.8) is 0 Å². The number of amides is 1. The molecule has 0 aliphatic carbocycles. The molecule has 0 spiro atoms. The SMILES string of the molecule is N=CC1=NCCC(N2C(=O)OCc3ccccc32)C1. The first-order chi connectivity index (χ1) is 9.29. The normalized spacial score (nSPS) is 22.3. The Labute approximate surface area is 111 Å².